The molecule has 1 fully saturated rings. The van der Waals surface area contributed by atoms with Gasteiger partial charge in [-0.15, -0.1) is 0 Å². The van der Waals surface area contributed by atoms with Crippen LogP contribution in [0.3, 0.4) is 0 Å². The van der Waals surface area contributed by atoms with Gasteiger partial charge in [0.15, 0.2) is 0 Å². The van der Waals surface area contributed by atoms with E-state index in [0.29, 0.717) is 11.8 Å². The lowest BCUT2D eigenvalue weighted by Gasteiger charge is -2.45. The summed E-state index contributed by atoms with van der Waals surface area (Å²) in [5.74, 6) is 1.86. The lowest BCUT2D eigenvalue weighted by atomic mass is 9.65. The highest BCUT2D eigenvalue weighted by atomic mass is 32.2. The monoisotopic (exact) mass is 290 g/mol. The highest BCUT2D eigenvalue weighted by molar-refractivity contribution is 7.86. The van der Waals surface area contributed by atoms with Gasteiger partial charge in [-0.1, -0.05) is 41.5 Å². The first-order valence-corrected chi connectivity index (χ1v) is 9.02. The minimum Gasteiger partial charge on any atom is -0.285 e. The SMILES string of the molecule is CC(C)C1C[C@H](C(C)C)C[C@H](C(C)C)C1S(=O)(=O)O. The second-order valence-corrected chi connectivity index (χ2v) is 8.85. The fraction of sp³-hybridized carbons (Fsp3) is 1.00. The summed E-state index contributed by atoms with van der Waals surface area (Å²) >= 11 is 0. The average molecular weight is 290 g/mol. The predicted molar refractivity (Wildman–Crippen MR) is 79.6 cm³/mol. The fourth-order valence-electron chi connectivity index (χ4n) is 3.67. The molecule has 0 aromatic rings. The maximum absolute atomic E-state index is 11.8. The molecule has 1 N–H and O–H groups in total. The van der Waals surface area contributed by atoms with Crippen LogP contribution in [0.4, 0.5) is 0 Å². The molecule has 0 amide bonds. The molecule has 0 aromatic heterocycles. The maximum atomic E-state index is 11.8. The Morgan fingerprint density at radius 2 is 1.21 bits per heavy atom. The van der Waals surface area contributed by atoms with Gasteiger partial charge in [0.25, 0.3) is 10.1 Å². The third-order valence-electron chi connectivity index (χ3n) is 4.99. The molecule has 4 atom stereocenters. The molecule has 0 aliphatic heterocycles. The Morgan fingerprint density at radius 3 is 1.42 bits per heavy atom. The molecule has 3 nitrogen and oxygen atoms in total. The third-order valence-corrected chi connectivity index (χ3v) is 6.38. The molecule has 2 unspecified atom stereocenters. The smallest absolute Gasteiger partial charge is 0.268 e. The lowest BCUT2D eigenvalue weighted by molar-refractivity contribution is 0.102. The van der Waals surface area contributed by atoms with Crippen LogP contribution in [0.1, 0.15) is 54.4 Å². The van der Waals surface area contributed by atoms with Gasteiger partial charge in [0, 0.05) is 0 Å². The van der Waals surface area contributed by atoms with Crippen LogP contribution in [0.15, 0.2) is 0 Å². The molecule has 1 aliphatic carbocycles. The minimum atomic E-state index is -3.96. The Morgan fingerprint density at radius 1 is 0.842 bits per heavy atom. The second kappa shape index (κ2) is 6.13. The van der Waals surface area contributed by atoms with Gasteiger partial charge in [-0.3, -0.25) is 4.55 Å². The standard InChI is InChI=1S/C15H30O3S/c1-9(2)12-7-13(10(3)4)15(19(16,17)18)14(8-12)11(5)6/h9-15H,7-8H2,1-6H3,(H,16,17,18)/t12-,13-,14?,15?/m1/s1. The molecule has 0 bridgehead atoms. The van der Waals surface area contributed by atoms with Crippen molar-refractivity contribution >= 4 is 10.1 Å². The number of hydrogen-bond donors (Lipinski definition) is 1. The van der Waals surface area contributed by atoms with E-state index in [1.807, 2.05) is 0 Å². The van der Waals surface area contributed by atoms with Crippen LogP contribution < -0.4 is 0 Å². The van der Waals surface area contributed by atoms with E-state index in [9.17, 15) is 13.0 Å². The van der Waals surface area contributed by atoms with Gasteiger partial charge >= 0.3 is 0 Å². The third kappa shape index (κ3) is 3.94. The first-order valence-electron chi connectivity index (χ1n) is 7.52. The summed E-state index contributed by atoms with van der Waals surface area (Å²) in [7, 11) is -3.96. The van der Waals surface area contributed by atoms with Crippen molar-refractivity contribution in [3.63, 3.8) is 0 Å². The van der Waals surface area contributed by atoms with Crippen LogP contribution in [0.5, 0.6) is 0 Å². The van der Waals surface area contributed by atoms with Gasteiger partial charge in [-0.25, -0.2) is 0 Å². The molecule has 0 spiro atoms. The van der Waals surface area contributed by atoms with Crippen LogP contribution in [0, 0.1) is 35.5 Å². The Balaban J connectivity index is 3.15. The summed E-state index contributed by atoms with van der Waals surface area (Å²) < 4.78 is 33.4. The first-order chi connectivity index (χ1) is 8.55. The number of hydrogen-bond acceptors (Lipinski definition) is 2. The summed E-state index contributed by atoms with van der Waals surface area (Å²) in [5, 5.41) is -0.581. The highest BCUT2D eigenvalue weighted by Gasteiger charge is 2.46. The van der Waals surface area contributed by atoms with E-state index in [4.69, 9.17) is 0 Å². The molecule has 0 saturated heterocycles. The van der Waals surface area contributed by atoms with Gasteiger partial charge in [-0.05, 0) is 48.3 Å². The van der Waals surface area contributed by atoms with E-state index < -0.39 is 15.4 Å². The maximum Gasteiger partial charge on any atom is 0.268 e. The molecule has 0 heterocycles. The Bertz CT molecular complexity index is 366. The van der Waals surface area contributed by atoms with Crippen molar-refractivity contribution in [1.29, 1.82) is 0 Å². The minimum absolute atomic E-state index is 0.0727. The van der Waals surface area contributed by atoms with Gasteiger partial charge in [0.1, 0.15) is 0 Å². The zero-order valence-electron chi connectivity index (χ0n) is 13.1. The van der Waals surface area contributed by atoms with E-state index in [0.717, 1.165) is 12.8 Å². The van der Waals surface area contributed by atoms with E-state index in [2.05, 4.69) is 41.5 Å². The molecule has 114 valence electrons. The normalized spacial score (nSPS) is 33.4. The van der Waals surface area contributed by atoms with Crippen molar-refractivity contribution in [2.75, 3.05) is 0 Å². The summed E-state index contributed by atoms with van der Waals surface area (Å²) in [6.45, 7) is 12.7. The summed E-state index contributed by atoms with van der Waals surface area (Å²) in [6, 6.07) is 0. The molecule has 1 rings (SSSR count). The Kier molecular flexibility index (Phi) is 5.47. The van der Waals surface area contributed by atoms with Crippen molar-refractivity contribution < 1.29 is 13.0 Å². The van der Waals surface area contributed by atoms with Crippen molar-refractivity contribution in [1.82, 2.24) is 0 Å². The predicted octanol–water partition coefficient (Wildman–Crippen LogP) is 3.85. The van der Waals surface area contributed by atoms with Gasteiger partial charge < -0.3 is 0 Å². The molecule has 1 saturated carbocycles. The van der Waals surface area contributed by atoms with Crippen molar-refractivity contribution in [3.05, 3.63) is 0 Å². The van der Waals surface area contributed by atoms with Crippen molar-refractivity contribution in [2.24, 2.45) is 35.5 Å². The average Bonchev–Trinajstić information content (AvgIpc) is 2.25. The Labute approximate surface area is 118 Å². The van der Waals surface area contributed by atoms with Crippen LogP contribution in [-0.4, -0.2) is 18.2 Å². The number of rotatable bonds is 4. The molecular formula is C15H30O3S. The van der Waals surface area contributed by atoms with E-state index in [1.165, 1.54) is 0 Å². The summed E-state index contributed by atoms with van der Waals surface area (Å²) in [4.78, 5) is 0. The van der Waals surface area contributed by atoms with Crippen LogP contribution in [0.2, 0.25) is 0 Å². The molecular weight excluding hydrogens is 260 g/mol. The van der Waals surface area contributed by atoms with Gasteiger partial charge in [0.05, 0.1) is 5.25 Å². The van der Waals surface area contributed by atoms with Crippen LogP contribution in [0.25, 0.3) is 0 Å². The molecule has 19 heavy (non-hydrogen) atoms. The fourth-order valence-corrected chi connectivity index (χ4v) is 5.40. The Hall–Kier alpha value is -0.0900. The summed E-state index contributed by atoms with van der Waals surface area (Å²) in [6.07, 6.45) is 1.84. The zero-order chi connectivity index (χ0) is 15.0. The molecule has 4 heteroatoms. The van der Waals surface area contributed by atoms with E-state index >= 15 is 0 Å². The second-order valence-electron chi connectivity index (χ2n) is 7.27. The van der Waals surface area contributed by atoms with Gasteiger partial charge in [-0.2, -0.15) is 8.42 Å². The largest absolute Gasteiger partial charge is 0.285 e. The van der Waals surface area contributed by atoms with Crippen LogP contribution >= 0.6 is 0 Å². The van der Waals surface area contributed by atoms with E-state index in [-0.39, 0.29) is 23.7 Å². The highest BCUT2D eigenvalue weighted by Crippen LogP contribution is 2.45. The van der Waals surface area contributed by atoms with Crippen molar-refractivity contribution in [2.45, 2.75) is 59.6 Å². The zero-order valence-corrected chi connectivity index (χ0v) is 13.9. The van der Waals surface area contributed by atoms with Crippen LogP contribution in [-0.2, 0) is 10.1 Å². The summed E-state index contributed by atoms with van der Waals surface area (Å²) in [5.41, 5.74) is 0. The first kappa shape index (κ1) is 17.0. The quantitative estimate of drug-likeness (QED) is 0.800. The lowest BCUT2D eigenvalue weighted by Crippen LogP contribution is -2.47. The molecule has 0 radical (unpaired) electrons. The molecule has 0 aromatic carbocycles. The van der Waals surface area contributed by atoms with Gasteiger partial charge in [0.2, 0.25) is 0 Å². The van der Waals surface area contributed by atoms with E-state index in [1.54, 1.807) is 0 Å². The topological polar surface area (TPSA) is 54.4 Å². The van der Waals surface area contributed by atoms with Crippen molar-refractivity contribution in [3.8, 4) is 0 Å². The molecule has 1 aliphatic rings.